The van der Waals surface area contributed by atoms with Crippen molar-refractivity contribution in [3.05, 3.63) is 0 Å². The van der Waals surface area contributed by atoms with E-state index in [2.05, 4.69) is 20.4 Å². The Balaban J connectivity index is 2.88. The minimum Gasteiger partial charge on any atom is -0.218 e. The molecule has 0 saturated heterocycles. The van der Waals surface area contributed by atoms with E-state index in [-0.39, 0.29) is 6.40 Å². The van der Waals surface area contributed by atoms with Gasteiger partial charge in [-0.1, -0.05) is 33.0 Å². The summed E-state index contributed by atoms with van der Waals surface area (Å²) in [6.45, 7) is 6.33. The molecule has 0 heterocycles. The second-order valence-electron chi connectivity index (χ2n) is 1.55. The van der Waals surface area contributed by atoms with Gasteiger partial charge >= 0.3 is 0 Å². The number of hydrogen-bond acceptors (Lipinski definition) is 1. The normalized spacial score (nSPS) is 15.0. The van der Waals surface area contributed by atoms with Crippen molar-refractivity contribution in [1.29, 1.82) is 0 Å². The van der Waals surface area contributed by atoms with Gasteiger partial charge in [-0.15, -0.1) is 0 Å². The standard InChI is InChI=1S/C6H14BS/c1-3-5-6-7-8-4-2/h3-6H2,1-2H3/i5T. The van der Waals surface area contributed by atoms with E-state index < -0.39 is 0 Å². The molecule has 0 aromatic rings. The van der Waals surface area contributed by atoms with Crippen LogP contribution in [0.25, 0.3) is 0 Å². The van der Waals surface area contributed by atoms with Gasteiger partial charge in [0.15, 0.2) is 6.56 Å². The quantitative estimate of drug-likeness (QED) is 0.408. The Labute approximate surface area is 59.0 Å². The van der Waals surface area contributed by atoms with E-state index in [1.165, 1.54) is 0 Å². The lowest BCUT2D eigenvalue weighted by atomic mass is 9.99. The van der Waals surface area contributed by atoms with E-state index in [0.717, 1.165) is 18.5 Å². The van der Waals surface area contributed by atoms with Crippen molar-refractivity contribution < 1.29 is 1.37 Å². The van der Waals surface area contributed by atoms with E-state index in [1.54, 1.807) is 11.6 Å². The highest BCUT2D eigenvalue weighted by Gasteiger charge is 1.86. The molecule has 1 unspecified atom stereocenters. The molecular weight excluding hydrogens is 115 g/mol. The molecule has 0 aliphatic rings. The number of hydrogen-bond donors (Lipinski definition) is 0. The van der Waals surface area contributed by atoms with E-state index in [0.29, 0.717) is 0 Å². The zero-order chi connectivity index (χ0) is 7.11. The molecule has 0 aliphatic heterocycles. The third-order valence-corrected chi connectivity index (χ3v) is 1.60. The van der Waals surface area contributed by atoms with E-state index in [4.69, 9.17) is 1.37 Å². The molecule has 0 saturated carbocycles. The maximum atomic E-state index is 7.35. The minimum atomic E-state index is 0.129. The molecule has 0 nitrogen and oxygen atoms in total. The zero-order valence-electron chi connectivity index (χ0n) is 6.68. The fourth-order valence-electron chi connectivity index (χ4n) is 0.421. The smallest absolute Gasteiger partial charge is 0.191 e. The van der Waals surface area contributed by atoms with Gasteiger partial charge in [0.1, 0.15) is 0 Å². The van der Waals surface area contributed by atoms with Crippen molar-refractivity contribution >= 4 is 18.2 Å². The molecule has 0 aromatic carbocycles. The molecule has 1 radical (unpaired) electrons. The molecule has 0 aliphatic carbocycles. The van der Waals surface area contributed by atoms with Gasteiger partial charge in [0.05, 0.1) is 0 Å². The van der Waals surface area contributed by atoms with Crippen molar-refractivity contribution in [1.82, 2.24) is 0 Å². The molecule has 0 N–H and O–H groups in total. The molecule has 0 aromatic heterocycles. The van der Waals surface area contributed by atoms with Crippen molar-refractivity contribution in [3.8, 4) is 0 Å². The highest BCUT2D eigenvalue weighted by Crippen LogP contribution is 2.02. The van der Waals surface area contributed by atoms with Crippen LogP contribution in [-0.4, -0.2) is 12.3 Å². The highest BCUT2D eigenvalue weighted by molar-refractivity contribution is 8.22. The van der Waals surface area contributed by atoms with Crippen molar-refractivity contribution in [3.63, 3.8) is 0 Å². The Morgan fingerprint density at radius 3 is 2.88 bits per heavy atom. The van der Waals surface area contributed by atoms with Crippen molar-refractivity contribution in [2.75, 3.05) is 5.75 Å². The third kappa shape index (κ3) is 6.41. The predicted octanol–water partition coefficient (Wildman–Crippen LogP) is 2.58. The van der Waals surface area contributed by atoms with Gasteiger partial charge in [-0.05, 0) is 5.75 Å². The zero-order valence-corrected chi connectivity index (χ0v) is 6.50. The summed E-state index contributed by atoms with van der Waals surface area (Å²) in [7, 11) is 0. The van der Waals surface area contributed by atoms with E-state index in [1.807, 2.05) is 0 Å². The predicted molar refractivity (Wildman–Crippen MR) is 43.6 cm³/mol. The van der Waals surface area contributed by atoms with Crippen LogP contribution in [0.4, 0.5) is 0 Å². The van der Waals surface area contributed by atoms with Crippen LogP contribution in [0.5, 0.6) is 0 Å². The molecule has 0 rings (SSSR count). The molecule has 8 heavy (non-hydrogen) atoms. The van der Waals surface area contributed by atoms with Crippen LogP contribution in [0.2, 0.25) is 6.32 Å². The van der Waals surface area contributed by atoms with Crippen LogP contribution in [0.3, 0.4) is 0 Å². The van der Waals surface area contributed by atoms with Crippen LogP contribution in [0.1, 0.15) is 28.0 Å². The van der Waals surface area contributed by atoms with Gasteiger partial charge in [-0.2, -0.15) is 0 Å². The summed E-state index contributed by atoms with van der Waals surface area (Å²) in [5.41, 5.74) is 0. The Morgan fingerprint density at radius 1 is 1.62 bits per heavy atom. The lowest BCUT2D eigenvalue weighted by Crippen LogP contribution is -1.82. The summed E-state index contributed by atoms with van der Waals surface area (Å²) in [6, 6.07) is 0. The SMILES string of the molecule is [3H]C(CC)C[B]SCC. The van der Waals surface area contributed by atoms with Crippen LogP contribution >= 0.6 is 11.6 Å². The fraction of sp³-hybridized carbons (Fsp3) is 1.00. The third-order valence-electron chi connectivity index (χ3n) is 0.836. The van der Waals surface area contributed by atoms with E-state index in [9.17, 15) is 0 Å². The molecule has 47 valence electrons. The summed E-state index contributed by atoms with van der Waals surface area (Å²) in [5, 5.41) is 0. The van der Waals surface area contributed by atoms with Crippen LogP contribution in [0, 0.1) is 0 Å². The van der Waals surface area contributed by atoms with Crippen molar-refractivity contribution in [2.24, 2.45) is 0 Å². The van der Waals surface area contributed by atoms with E-state index >= 15 is 0 Å². The minimum absolute atomic E-state index is 0.129. The molecule has 0 fully saturated rings. The van der Waals surface area contributed by atoms with Crippen LogP contribution < -0.4 is 0 Å². The lowest BCUT2D eigenvalue weighted by Gasteiger charge is -1.92. The largest absolute Gasteiger partial charge is 0.218 e. The molecule has 2 heteroatoms. The highest BCUT2D eigenvalue weighted by atomic mass is 32.2. The Bertz CT molecular complexity index is 61.0. The lowest BCUT2D eigenvalue weighted by molar-refractivity contribution is 0.882. The first-order valence-corrected chi connectivity index (χ1v) is 4.21. The summed E-state index contributed by atoms with van der Waals surface area (Å²) < 4.78 is 7.35. The fourth-order valence-corrected chi connectivity index (χ4v) is 0.928. The summed E-state index contributed by atoms with van der Waals surface area (Å²) in [5.74, 6) is 1.14. The number of rotatable bonds is 5. The first-order chi connectivity index (χ1) is 4.31. The summed E-state index contributed by atoms with van der Waals surface area (Å²) >= 11 is 1.81. The monoisotopic (exact) mass is 131 g/mol. The first kappa shape index (κ1) is 6.53. The maximum absolute atomic E-state index is 7.35. The molecular formula is C6H14BS. The van der Waals surface area contributed by atoms with Gasteiger partial charge in [0.25, 0.3) is 0 Å². The summed E-state index contributed by atoms with van der Waals surface area (Å²) in [4.78, 5) is 0. The molecule has 0 bridgehead atoms. The Kier molecular flexibility index (Phi) is 6.06. The van der Waals surface area contributed by atoms with Gasteiger partial charge in [-0.3, -0.25) is 0 Å². The van der Waals surface area contributed by atoms with Gasteiger partial charge in [-0.25, -0.2) is 11.6 Å². The van der Waals surface area contributed by atoms with Crippen LogP contribution in [-0.2, 0) is 0 Å². The van der Waals surface area contributed by atoms with Gasteiger partial charge in [0.2, 0.25) is 0 Å². The molecule has 1 atom stereocenters. The van der Waals surface area contributed by atoms with Crippen LogP contribution in [0.15, 0.2) is 0 Å². The Morgan fingerprint density at radius 2 is 2.38 bits per heavy atom. The van der Waals surface area contributed by atoms with Crippen molar-refractivity contribution in [2.45, 2.75) is 33.0 Å². The maximum Gasteiger partial charge on any atom is 0.191 e. The van der Waals surface area contributed by atoms with Gasteiger partial charge in [0, 0.05) is 1.37 Å². The average Bonchev–Trinajstić information content (AvgIpc) is 1.89. The van der Waals surface area contributed by atoms with Gasteiger partial charge < -0.3 is 0 Å². The average molecular weight is 131 g/mol. The summed E-state index contributed by atoms with van der Waals surface area (Å²) in [6.07, 6.45) is 2.04. The first-order valence-electron chi connectivity index (χ1n) is 3.74. The molecule has 0 amide bonds. The topological polar surface area (TPSA) is 0 Å². The molecule has 0 spiro atoms. The second-order valence-corrected chi connectivity index (χ2v) is 2.80. The Hall–Kier alpha value is 0.415. The second kappa shape index (κ2) is 7.41.